The van der Waals surface area contributed by atoms with E-state index in [2.05, 4.69) is 38.2 Å². The molecule has 152 valence electrons. The zero-order valence-corrected chi connectivity index (χ0v) is 18.1. The first-order valence-corrected chi connectivity index (χ1v) is 10.0. The topological polar surface area (TPSA) is 47.6 Å². The summed E-state index contributed by atoms with van der Waals surface area (Å²) in [5.74, 6) is 1.28. The maximum atomic E-state index is 12.4. The molecule has 0 spiro atoms. The Labute approximate surface area is 173 Å². The van der Waals surface area contributed by atoms with Gasteiger partial charge in [0.25, 0.3) is 5.91 Å². The van der Waals surface area contributed by atoms with Crippen LogP contribution >= 0.6 is 11.6 Å². The van der Waals surface area contributed by atoms with E-state index >= 15 is 0 Å². The maximum Gasteiger partial charge on any atom is 0.261 e. The summed E-state index contributed by atoms with van der Waals surface area (Å²) < 4.78 is 11.5. The lowest BCUT2D eigenvalue weighted by Gasteiger charge is -2.19. The van der Waals surface area contributed by atoms with Crippen molar-refractivity contribution in [1.82, 2.24) is 5.32 Å². The molecule has 2 aromatic carbocycles. The molecule has 0 aliphatic heterocycles. The highest BCUT2D eigenvalue weighted by molar-refractivity contribution is 6.31. The Kier molecular flexibility index (Phi) is 7.76. The second-order valence-electron chi connectivity index (χ2n) is 7.84. The summed E-state index contributed by atoms with van der Waals surface area (Å²) in [5.41, 5.74) is 2.29. The van der Waals surface area contributed by atoms with E-state index in [-0.39, 0.29) is 11.3 Å². The van der Waals surface area contributed by atoms with Gasteiger partial charge < -0.3 is 14.8 Å². The number of carbonyl (C=O) groups excluding carboxylic acids is 1. The third-order valence-electron chi connectivity index (χ3n) is 4.46. The summed E-state index contributed by atoms with van der Waals surface area (Å²) in [6, 6.07) is 13.5. The van der Waals surface area contributed by atoms with Crippen molar-refractivity contribution < 1.29 is 14.3 Å². The van der Waals surface area contributed by atoms with E-state index in [0.717, 1.165) is 11.3 Å². The lowest BCUT2D eigenvalue weighted by Crippen LogP contribution is -2.39. The molecule has 0 saturated carbocycles. The van der Waals surface area contributed by atoms with Crippen LogP contribution in [0.4, 0.5) is 0 Å². The minimum atomic E-state index is -0.549. The average Bonchev–Trinajstić information content (AvgIpc) is 2.65. The van der Waals surface area contributed by atoms with Gasteiger partial charge in [0.1, 0.15) is 18.1 Å². The Morgan fingerprint density at radius 2 is 1.75 bits per heavy atom. The molecule has 1 atom stereocenters. The van der Waals surface area contributed by atoms with Gasteiger partial charge in [-0.15, -0.1) is 0 Å². The van der Waals surface area contributed by atoms with Gasteiger partial charge in [-0.05, 0) is 60.2 Å². The Hall–Kier alpha value is -2.20. The van der Waals surface area contributed by atoms with Crippen LogP contribution in [0.5, 0.6) is 11.5 Å². The van der Waals surface area contributed by atoms with Gasteiger partial charge in [-0.1, -0.05) is 51.4 Å². The number of benzene rings is 2. The normalized spacial score (nSPS) is 12.4. The molecule has 1 amide bonds. The standard InChI is InChI=1S/C23H30ClNO3/c1-6-21(28-19-11-12-20(24)16(2)15-19)22(26)25-13-14-27-18-9-7-17(8-10-18)23(3,4)5/h7-12,15,21H,6,13-14H2,1-5H3,(H,25,26)/t21-/m0/s1. The second kappa shape index (κ2) is 9.83. The SMILES string of the molecule is CC[C@H](Oc1ccc(Cl)c(C)c1)C(=O)NCCOc1ccc(C(C)(C)C)cc1. The number of carbonyl (C=O) groups is 1. The first kappa shape index (κ1) is 22.1. The molecule has 0 radical (unpaired) electrons. The number of amides is 1. The molecule has 0 bridgehead atoms. The van der Waals surface area contributed by atoms with Crippen LogP contribution in [-0.2, 0) is 10.2 Å². The summed E-state index contributed by atoms with van der Waals surface area (Å²) in [5, 5.41) is 3.55. The third-order valence-corrected chi connectivity index (χ3v) is 4.89. The lowest BCUT2D eigenvalue weighted by molar-refractivity contribution is -0.128. The Morgan fingerprint density at radius 1 is 1.11 bits per heavy atom. The molecule has 2 aromatic rings. The van der Waals surface area contributed by atoms with E-state index in [1.54, 1.807) is 12.1 Å². The molecule has 0 aliphatic rings. The van der Waals surface area contributed by atoms with Gasteiger partial charge in [0.15, 0.2) is 6.10 Å². The number of nitrogens with one attached hydrogen (secondary N) is 1. The second-order valence-corrected chi connectivity index (χ2v) is 8.25. The van der Waals surface area contributed by atoms with Crippen molar-refractivity contribution in [3.8, 4) is 11.5 Å². The van der Waals surface area contributed by atoms with Gasteiger partial charge in [0, 0.05) is 5.02 Å². The number of aryl methyl sites for hydroxylation is 1. The number of hydrogen-bond acceptors (Lipinski definition) is 3. The first-order valence-electron chi connectivity index (χ1n) is 9.64. The Balaban J connectivity index is 1.79. The van der Waals surface area contributed by atoms with Crippen LogP contribution in [-0.4, -0.2) is 25.2 Å². The molecular weight excluding hydrogens is 374 g/mol. The quantitative estimate of drug-likeness (QED) is 0.608. The van der Waals surface area contributed by atoms with Crippen molar-refractivity contribution in [3.63, 3.8) is 0 Å². The summed E-state index contributed by atoms with van der Waals surface area (Å²) >= 11 is 6.03. The molecular formula is C23H30ClNO3. The number of rotatable bonds is 8. The van der Waals surface area contributed by atoms with Crippen molar-refractivity contribution in [1.29, 1.82) is 0 Å². The van der Waals surface area contributed by atoms with Gasteiger partial charge >= 0.3 is 0 Å². The zero-order valence-electron chi connectivity index (χ0n) is 17.3. The maximum absolute atomic E-state index is 12.4. The molecule has 28 heavy (non-hydrogen) atoms. The van der Waals surface area contributed by atoms with E-state index in [1.165, 1.54) is 5.56 Å². The summed E-state index contributed by atoms with van der Waals surface area (Å²) in [6.07, 6.45) is 0.0227. The first-order chi connectivity index (χ1) is 13.2. The fourth-order valence-corrected chi connectivity index (χ4v) is 2.80. The highest BCUT2D eigenvalue weighted by Gasteiger charge is 2.18. The van der Waals surface area contributed by atoms with Crippen molar-refractivity contribution in [2.75, 3.05) is 13.2 Å². The number of ether oxygens (including phenoxy) is 2. The van der Waals surface area contributed by atoms with E-state index in [1.807, 2.05) is 32.0 Å². The summed E-state index contributed by atoms with van der Waals surface area (Å²) in [7, 11) is 0. The van der Waals surface area contributed by atoms with E-state index in [0.29, 0.717) is 30.3 Å². The number of hydrogen-bond donors (Lipinski definition) is 1. The van der Waals surface area contributed by atoms with E-state index in [9.17, 15) is 4.79 Å². The Bertz CT molecular complexity index is 781. The fraction of sp³-hybridized carbons (Fsp3) is 0.435. The summed E-state index contributed by atoms with van der Waals surface area (Å²) in [6.45, 7) is 11.2. The van der Waals surface area contributed by atoms with E-state index in [4.69, 9.17) is 21.1 Å². The molecule has 1 N–H and O–H groups in total. The van der Waals surface area contributed by atoms with Crippen molar-refractivity contribution in [3.05, 3.63) is 58.6 Å². The summed E-state index contributed by atoms with van der Waals surface area (Å²) in [4.78, 5) is 12.4. The van der Waals surface area contributed by atoms with Crippen LogP contribution in [0.15, 0.2) is 42.5 Å². The highest BCUT2D eigenvalue weighted by Crippen LogP contribution is 2.24. The van der Waals surface area contributed by atoms with Crippen LogP contribution < -0.4 is 14.8 Å². The molecule has 0 unspecified atom stereocenters. The Morgan fingerprint density at radius 3 is 2.32 bits per heavy atom. The average molecular weight is 404 g/mol. The van der Waals surface area contributed by atoms with Crippen molar-refractivity contribution in [2.24, 2.45) is 0 Å². The molecule has 5 heteroatoms. The van der Waals surface area contributed by atoms with Crippen LogP contribution in [0.25, 0.3) is 0 Å². The van der Waals surface area contributed by atoms with Gasteiger partial charge in [-0.2, -0.15) is 0 Å². The predicted molar refractivity (Wildman–Crippen MR) is 115 cm³/mol. The van der Waals surface area contributed by atoms with Crippen LogP contribution in [0, 0.1) is 6.92 Å². The van der Waals surface area contributed by atoms with Gasteiger partial charge in [-0.25, -0.2) is 0 Å². The van der Waals surface area contributed by atoms with Gasteiger partial charge in [0.2, 0.25) is 0 Å². The van der Waals surface area contributed by atoms with Crippen LogP contribution in [0.1, 0.15) is 45.2 Å². The lowest BCUT2D eigenvalue weighted by atomic mass is 9.87. The minimum Gasteiger partial charge on any atom is -0.492 e. The number of halogens is 1. The molecule has 0 aliphatic carbocycles. The zero-order chi connectivity index (χ0) is 20.7. The molecule has 4 nitrogen and oxygen atoms in total. The fourth-order valence-electron chi connectivity index (χ4n) is 2.69. The molecule has 0 aromatic heterocycles. The van der Waals surface area contributed by atoms with Gasteiger partial charge in [0.05, 0.1) is 6.54 Å². The highest BCUT2D eigenvalue weighted by atomic mass is 35.5. The van der Waals surface area contributed by atoms with Gasteiger partial charge in [-0.3, -0.25) is 4.79 Å². The molecule has 0 fully saturated rings. The molecule has 2 rings (SSSR count). The molecule has 0 heterocycles. The smallest absolute Gasteiger partial charge is 0.261 e. The van der Waals surface area contributed by atoms with Crippen molar-refractivity contribution >= 4 is 17.5 Å². The minimum absolute atomic E-state index is 0.115. The van der Waals surface area contributed by atoms with Crippen LogP contribution in [0.3, 0.4) is 0 Å². The van der Waals surface area contributed by atoms with Crippen LogP contribution in [0.2, 0.25) is 5.02 Å². The third kappa shape index (κ3) is 6.45. The van der Waals surface area contributed by atoms with Crippen molar-refractivity contribution in [2.45, 2.75) is 52.6 Å². The largest absolute Gasteiger partial charge is 0.492 e. The predicted octanol–water partition coefficient (Wildman–Crippen LogP) is 5.30. The monoisotopic (exact) mass is 403 g/mol. The molecule has 0 saturated heterocycles. The van der Waals surface area contributed by atoms with E-state index < -0.39 is 6.10 Å².